The van der Waals surface area contributed by atoms with Crippen LogP contribution in [0.4, 0.5) is 0 Å². The molecule has 1 atom stereocenters. The molecule has 1 aromatic rings. The summed E-state index contributed by atoms with van der Waals surface area (Å²) in [5.41, 5.74) is 0. The molecular weight excluding hydrogens is 246 g/mol. The first-order valence-electron chi connectivity index (χ1n) is 6.61. The molecule has 18 heavy (non-hydrogen) atoms. The maximum atomic E-state index is 12.1. The van der Waals surface area contributed by atoms with Gasteiger partial charge in [-0.25, -0.2) is 4.98 Å². The van der Waals surface area contributed by atoms with Gasteiger partial charge in [0, 0.05) is 25.5 Å². The van der Waals surface area contributed by atoms with Gasteiger partial charge in [0.05, 0.1) is 5.25 Å². The molecule has 0 aromatic carbocycles. The zero-order chi connectivity index (χ0) is 13.0. The molecule has 1 fully saturated rings. The highest BCUT2D eigenvalue weighted by Crippen LogP contribution is 2.22. The molecule has 5 heteroatoms. The van der Waals surface area contributed by atoms with Crippen molar-refractivity contribution in [3.05, 3.63) is 12.4 Å². The molecule has 1 saturated carbocycles. The Morgan fingerprint density at radius 3 is 2.83 bits per heavy atom. The summed E-state index contributed by atoms with van der Waals surface area (Å²) in [4.78, 5) is 16.3. The number of hydrogen-bond acceptors (Lipinski definition) is 3. The van der Waals surface area contributed by atoms with Crippen molar-refractivity contribution < 1.29 is 4.79 Å². The van der Waals surface area contributed by atoms with Crippen LogP contribution >= 0.6 is 11.8 Å². The monoisotopic (exact) mass is 267 g/mol. The summed E-state index contributed by atoms with van der Waals surface area (Å²) in [7, 11) is 1.95. The van der Waals surface area contributed by atoms with Gasteiger partial charge >= 0.3 is 0 Å². The highest BCUT2D eigenvalue weighted by molar-refractivity contribution is 8.00. The normalized spacial score (nSPS) is 18.6. The van der Waals surface area contributed by atoms with E-state index in [1.165, 1.54) is 31.0 Å². The molecule has 0 aliphatic heterocycles. The topological polar surface area (TPSA) is 46.9 Å². The van der Waals surface area contributed by atoms with E-state index in [0.29, 0.717) is 6.04 Å². The van der Waals surface area contributed by atoms with E-state index >= 15 is 0 Å². The minimum absolute atomic E-state index is 0.0898. The van der Waals surface area contributed by atoms with Crippen LogP contribution in [0.5, 0.6) is 0 Å². The van der Waals surface area contributed by atoms with Gasteiger partial charge in [-0.2, -0.15) is 0 Å². The average Bonchev–Trinajstić information content (AvgIpc) is 2.76. The second-order valence-corrected chi connectivity index (χ2v) is 6.23. The summed E-state index contributed by atoms with van der Waals surface area (Å²) in [6.07, 6.45) is 9.71. The highest BCUT2D eigenvalue weighted by Gasteiger charge is 2.21. The molecule has 1 amide bonds. The van der Waals surface area contributed by atoms with Crippen LogP contribution in [-0.2, 0) is 11.8 Å². The molecule has 1 aliphatic rings. The van der Waals surface area contributed by atoms with E-state index in [2.05, 4.69) is 10.3 Å². The Morgan fingerprint density at radius 2 is 2.22 bits per heavy atom. The van der Waals surface area contributed by atoms with Crippen molar-refractivity contribution >= 4 is 17.7 Å². The maximum absolute atomic E-state index is 12.1. The number of rotatable bonds is 4. The quantitative estimate of drug-likeness (QED) is 0.852. The van der Waals surface area contributed by atoms with Gasteiger partial charge in [0.25, 0.3) is 0 Å². The van der Waals surface area contributed by atoms with Gasteiger partial charge in [-0.15, -0.1) is 0 Å². The lowest BCUT2D eigenvalue weighted by Crippen LogP contribution is -2.40. The number of carbonyl (C=O) groups excluding carboxylic acids is 1. The van der Waals surface area contributed by atoms with Crippen LogP contribution in [0.3, 0.4) is 0 Å². The van der Waals surface area contributed by atoms with E-state index in [1.807, 2.05) is 24.7 Å². The number of thioether (sulfide) groups is 1. The van der Waals surface area contributed by atoms with Crippen LogP contribution in [0.1, 0.15) is 39.0 Å². The number of nitrogens with zero attached hydrogens (tertiary/aromatic N) is 2. The van der Waals surface area contributed by atoms with E-state index < -0.39 is 0 Å². The van der Waals surface area contributed by atoms with Crippen LogP contribution in [-0.4, -0.2) is 26.8 Å². The summed E-state index contributed by atoms with van der Waals surface area (Å²) < 4.78 is 1.94. The van der Waals surface area contributed by atoms with E-state index in [9.17, 15) is 4.79 Å². The van der Waals surface area contributed by atoms with E-state index in [1.54, 1.807) is 6.20 Å². The minimum atomic E-state index is -0.0898. The third-order valence-electron chi connectivity index (χ3n) is 3.38. The lowest BCUT2D eigenvalue weighted by molar-refractivity contribution is -0.121. The second kappa shape index (κ2) is 6.27. The van der Waals surface area contributed by atoms with Crippen molar-refractivity contribution in [1.29, 1.82) is 0 Å². The molecule has 2 rings (SSSR count). The smallest absolute Gasteiger partial charge is 0.233 e. The molecule has 100 valence electrons. The van der Waals surface area contributed by atoms with Gasteiger partial charge in [0.1, 0.15) is 0 Å². The zero-order valence-electron chi connectivity index (χ0n) is 11.1. The first kappa shape index (κ1) is 13.5. The van der Waals surface area contributed by atoms with Gasteiger partial charge in [0.15, 0.2) is 5.16 Å². The molecule has 4 nitrogen and oxygen atoms in total. The van der Waals surface area contributed by atoms with E-state index in [0.717, 1.165) is 18.0 Å². The van der Waals surface area contributed by atoms with E-state index in [-0.39, 0.29) is 11.2 Å². The molecule has 0 radical (unpaired) electrons. The molecule has 0 unspecified atom stereocenters. The van der Waals surface area contributed by atoms with Crippen molar-refractivity contribution in [2.45, 2.75) is 55.5 Å². The molecule has 1 N–H and O–H groups in total. The summed E-state index contributed by atoms with van der Waals surface area (Å²) in [5.74, 6) is 0.134. The van der Waals surface area contributed by atoms with Crippen molar-refractivity contribution in [1.82, 2.24) is 14.9 Å². The average molecular weight is 267 g/mol. The Labute approximate surface area is 113 Å². The predicted octanol–water partition coefficient (Wildman–Crippen LogP) is 2.35. The third kappa shape index (κ3) is 3.51. The molecule has 0 spiro atoms. The molecule has 1 aromatic heterocycles. The number of hydrogen-bond donors (Lipinski definition) is 1. The van der Waals surface area contributed by atoms with Crippen molar-refractivity contribution in [2.75, 3.05) is 0 Å². The maximum Gasteiger partial charge on any atom is 0.233 e. The summed E-state index contributed by atoms with van der Waals surface area (Å²) in [5, 5.41) is 3.95. The fraction of sp³-hybridized carbons (Fsp3) is 0.692. The highest BCUT2D eigenvalue weighted by atomic mass is 32.2. The lowest BCUT2D eigenvalue weighted by Gasteiger charge is -2.24. The van der Waals surface area contributed by atoms with Crippen molar-refractivity contribution in [3.8, 4) is 0 Å². The first-order chi connectivity index (χ1) is 8.66. The summed E-state index contributed by atoms with van der Waals surface area (Å²) in [6, 6.07) is 0.385. The fourth-order valence-corrected chi connectivity index (χ4v) is 3.08. The number of amides is 1. The van der Waals surface area contributed by atoms with Crippen LogP contribution in [0.15, 0.2) is 17.6 Å². The molecule has 1 aliphatic carbocycles. The van der Waals surface area contributed by atoms with Gasteiger partial charge in [-0.1, -0.05) is 31.0 Å². The van der Waals surface area contributed by atoms with E-state index in [4.69, 9.17) is 0 Å². The first-order valence-corrected chi connectivity index (χ1v) is 7.49. The second-order valence-electron chi connectivity index (χ2n) is 4.92. The van der Waals surface area contributed by atoms with Crippen molar-refractivity contribution in [2.24, 2.45) is 7.05 Å². The summed E-state index contributed by atoms with van der Waals surface area (Å²) in [6.45, 7) is 1.94. The largest absolute Gasteiger partial charge is 0.352 e. The number of imidazole rings is 1. The van der Waals surface area contributed by atoms with Crippen LogP contribution in [0, 0.1) is 0 Å². The number of aromatic nitrogens is 2. The van der Waals surface area contributed by atoms with Gasteiger partial charge in [0.2, 0.25) is 5.91 Å². The minimum Gasteiger partial charge on any atom is -0.352 e. The SMILES string of the molecule is C[C@H](Sc1nccn1C)C(=O)NC1CCCCC1. The lowest BCUT2D eigenvalue weighted by atomic mass is 9.95. The number of nitrogens with one attached hydrogen (secondary N) is 1. The zero-order valence-corrected chi connectivity index (χ0v) is 11.9. The molecular formula is C13H21N3OS. The number of aryl methyl sites for hydroxylation is 1. The number of carbonyl (C=O) groups is 1. The Bertz CT molecular complexity index is 399. The third-order valence-corrected chi connectivity index (χ3v) is 4.55. The molecule has 0 bridgehead atoms. The van der Waals surface area contributed by atoms with Crippen LogP contribution < -0.4 is 5.32 Å². The van der Waals surface area contributed by atoms with Gasteiger partial charge in [-0.05, 0) is 19.8 Å². The summed E-state index contributed by atoms with van der Waals surface area (Å²) >= 11 is 1.51. The van der Waals surface area contributed by atoms with Crippen LogP contribution in [0.25, 0.3) is 0 Å². The Hall–Kier alpha value is -0.970. The Morgan fingerprint density at radius 1 is 1.50 bits per heavy atom. The van der Waals surface area contributed by atoms with Crippen molar-refractivity contribution in [3.63, 3.8) is 0 Å². The Balaban J connectivity index is 1.83. The van der Waals surface area contributed by atoms with Gasteiger partial charge in [-0.3, -0.25) is 4.79 Å². The fourth-order valence-electron chi connectivity index (χ4n) is 2.24. The Kier molecular flexibility index (Phi) is 4.69. The molecule has 0 saturated heterocycles. The predicted molar refractivity (Wildman–Crippen MR) is 73.5 cm³/mol. The van der Waals surface area contributed by atoms with Crippen LogP contribution in [0.2, 0.25) is 0 Å². The molecule has 1 heterocycles. The standard InChI is InChI=1S/C13H21N3OS/c1-10(18-13-14-8-9-16(13)2)12(17)15-11-6-4-3-5-7-11/h8-11H,3-7H2,1-2H3,(H,15,17)/t10-/m0/s1. The van der Waals surface area contributed by atoms with Gasteiger partial charge < -0.3 is 9.88 Å².